The second-order valence-corrected chi connectivity index (χ2v) is 8.19. The highest BCUT2D eigenvalue weighted by Gasteiger charge is 2.31. The van der Waals surface area contributed by atoms with Crippen LogP contribution in [0, 0.1) is 12.8 Å². The average molecular weight is 384 g/mol. The number of piperidine rings is 1. The molecule has 7 nitrogen and oxygen atoms in total. The van der Waals surface area contributed by atoms with Crippen LogP contribution in [0.5, 0.6) is 0 Å². The van der Waals surface area contributed by atoms with Crippen molar-refractivity contribution in [1.29, 1.82) is 0 Å². The molecule has 2 amide bonds. The Kier molecular flexibility index (Phi) is 5.72. The first-order valence-electron chi connectivity index (χ1n) is 9.63. The maximum Gasteiger partial charge on any atom is 0.410 e. The van der Waals surface area contributed by atoms with Gasteiger partial charge in [0.15, 0.2) is 0 Å². The molecule has 2 aromatic rings. The minimum absolute atomic E-state index is 0.0809. The number of rotatable bonds is 3. The summed E-state index contributed by atoms with van der Waals surface area (Å²) in [6.45, 7) is 8.49. The van der Waals surface area contributed by atoms with Gasteiger partial charge < -0.3 is 15.0 Å². The summed E-state index contributed by atoms with van der Waals surface area (Å²) in [7, 11) is 0. The lowest BCUT2D eigenvalue weighted by molar-refractivity contribution is -0.121. The second-order valence-electron chi connectivity index (χ2n) is 8.19. The van der Waals surface area contributed by atoms with Crippen molar-refractivity contribution in [1.82, 2.24) is 14.7 Å². The second kappa shape index (κ2) is 8.04. The molecule has 0 saturated carbocycles. The summed E-state index contributed by atoms with van der Waals surface area (Å²) in [5.41, 5.74) is 2.08. The molecule has 0 aliphatic carbocycles. The van der Waals surface area contributed by atoms with Gasteiger partial charge in [0.25, 0.3) is 0 Å². The molecule has 1 aliphatic heterocycles. The Bertz CT molecular complexity index is 853. The van der Waals surface area contributed by atoms with Gasteiger partial charge in [0, 0.05) is 30.7 Å². The Morgan fingerprint density at radius 3 is 2.71 bits per heavy atom. The van der Waals surface area contributed by atoms with E-state index in [-0.39, 0.29) is 17.9 Å². The van der Waals surface area contributed by atoms with Crippen molar-refractivity contribution in [2.75, 3.05) is 18.4 Å². The molecule has 1 fully saturated rings. The number of carbonyl (C=O) groups is 2. The molecule has 1 unspecified atom stereocenters. The predicted octanol–water partition coefficient (Wildman–Crippen LogP) is 3.77. The van der Waals surface area contributed by atoms with Crippen molar-refractivity contribution in [2.45, 2.75) is 46.1 Å². The molecule has 3 rings (SSSR count). The third-order valence-electron chi connectivity index (χ3n) is 4.63. The smallest absolute Gasteiger partial charge is 0.410 e. The van der Waals surface area contributed by atoms with Crippen molar-refractivity contribution < 1.29 is 14.3 Å². The molecule has 7 heteroatoms. The van der Waals surface area contributed by atoms with Crippen molar-refractivity contribution >= 4 is 17.7 Å². The first-order chi connectivity index (χ1) is 13.2. The van der Waals surface area contributed by atoms with E-state index in [1.165, 1.54) is 0 Å². The van der Waals surface area contributed by atoms with E-state index in [0.29, 0.717) is 18.8 Å². The zero-order chi connectivity index (χ0) is 20.3. The Morgan fingerprint density at radius 1 is 1.25 bits per heavy atom. The number of hydrogen-bond acceptors (Lipinski definition) is 4. The number of carbonyl (C=O) groups excluding carboxylic acids is 2. The lowest BCUT2D eigenvalue weighted by atomic mass is 9.97. The molecular weight excluding hydrogens is 356 g/mol. The average Bonchev–Trinajstić information content (AvgIpc) is 3.06. The summed E-state index contributed by atoms with van der Waals surface area (Å²) in [5.74, 6) is -0.334. The monoisotopic (exact) mass is 384 g/mol. The van der Waals surface area contributed by atoms with Crippen LogP contribution in [0.2, 0.25) is 0 Å². The van der Waals surface area contributed by atoms with E-state index in [2.05, 4.69) is 10.4 Å². The van der Waals surface area contributed by atoms with Gasteiger partial charge in [0.2, 0.25) is 5.91 Å². The Balaban J connectivity index is 1.65. The maximum absolute atomic E-state index is 12.8. The molecular formula is C21H28N4O3. The predicted molar refractivity (Wildman–Crippen MR) is 107 cm³/mol. The van der Waals surface area contributed by atoms with E-state index in [4.69, 9.17) is 4.74 Å². The van der Waals surface area contributed by atoms with Crippen LogP contribution in [0.25, 0.3) is 5.69 Å². The van der Waals surface area contributed by atoms with Gasteiger partial charge in [0.05, 0.1) is 11.6 Å². The topological polar surface area (TPSA) is 76.5 Å². The van der Waals surface area contributed by atoms with E-state index in [1.54, 1.807) is 11.1 Å². The molecule has 1 atom stereocenters. The van der Waals surface area contributed by atoms with Gasteiger partial charge in [0.1, 0.15) is 5.60 Å². The molecule has 0 radical (unpaired) electrons. The Hall–Kier alpha value is -2.83. The molecule has 1 aromatic heterocycles. The van der Waals surface area contributed by atoms with Crippen LogP contribution < -0.4 is 5.32 Å². The highest BCUT2D eigenvalue weighted by Crippen LogP contribution is 2.22. The number of nitrogens with zero attached hydrogens (tertiary/aromatic N) is 3. The lowest BCUT2D eigenvalue weighted by Gasteiger charge is -2.33. The minimum Gasteiger partial charge on any atom is -0.444 e. The summed E-state index contributed by atoms with van der Waals surface area (Å²) in [6, 6.07) is 9.51. The number of aryl methyl sites for hydroxylation is 1. The fourth-order valence-electron chi connectivity index (χ4n) is 3.28. The highest BCUT2D eigenvalue weighted by molar-refractivity contribution is 5.93. The van der Waals surface area contributed by atoms with E-state index in [0.717, 1.165) is 24.2 Å². The van der Waals surface area contributed by atoms with Crippen molar-refractivity contribution in [2.24, 2.45) is 5.92 Å². The van der Waals surface area contributed by atoms with E-state index < -0.39 is 5.60 Å². The van der Waals surface area contributed by atoms with Crippen LogP contribution in [-0.2, 0) is 9.53 Å². The van der Waals surface area contributed by atoms with E-state index in [9.17, 15) is 9.59 Å². The minimum atomic E-state index is -0.544. The molecule has 28 heavy (non-hydrogen) atoms. The lowest BCUT2D eigenvalue weighted by Crippen LogP contribution is -2.45. The van der Waals surface area contributed by atoms with Crippen LogP contribution in [0.3, 0.4) is 0 Å². The van der Waals surface area contributed by atoms with Crippen LogP contribution in [-0.4, -0.2) is 45.4 Å². The first-order valence-corrected chi connectivity index (χ1v) is 9.63. The Labute approximate surface area is 165 Å². The fraction of sp³-hybridized carbons (Fsp3) is 0.476. The number of ether oxygens (including phenoxy) is 1. The molecule has 2 heterocycles. The number of aromatic nitrogens is 2. The number of likely N-dealkylation sites (tertiary alicyclic amines) is 1. The molecule has 150 valence electrons. The summed E-state index contributed by atoms with van der Waals surface area (Å²) >= 11 is 0. The summed E-state index contributed by atoms with van der Waals surface area (Å²) in [4.78, 5) is 26.7. The number of amides is 2. The summed E-state index contributed by atoms with van der Waals surface area (Å²) in [6.07, 6.45) is 2.92. The zero-order valence-electron chi connectivity index (χ0n) is 16.9. The number of hydrogen-bond donors (Lipinski definition) is 1. The largest absolute Gasteiger partial charge is 0.444 e. The maximum atomic E-state index is 12.8. The number of anilines is 1. The molecule has 1 aromatic carbocycles. The SMILES string of the molecule is Cc1ccnn1-c1cccc(NC(=O)C2CCCN(C(=O)OC(C)(C)C)C2)c1. The van der Waals surface area contributed by atoms with Gasteiger partial charge in [-0.2, -0.15) is 5.10 Å². The molecule has 0 spiro atoms. The molecule has 1 N–H and O–H groups in total. The Morgan fingerprint density at radius 2 is 2.04 bits per heavy atom. The molecule has 1 saturated heterocycles. The standard InChI is InChI=1S/C21H28N4O3/c1-15-10-11-22-25(15)18-9-5-8-17(13-18)23-19(26)16-7-6-12-24(14-16)20(27)28-21(2,3)4/h5,8-11,13,16H,6-7,12,14H2,1-4H3,(H,23,26). The van der Waals surface area contributed by atoms with Crippen LogP contribution in [0.4, 0.5) is 10.5 Å². The summed E-state index contributed by atoms with van der Waals surface area (Å²) in [5, 5.41) is 7.28. The number of nitrogens with one attached hydrogen (secondary N) is 1. The van der Waals surface area contributed by atoms with E-state index >= 15 is 0 Å². The highest BCUT2D eigenvalue weighted by atomic mass is 16.6. The van der Waals surface area contributed by atoms with E-state index in [1.807, 2.05) is 62.7 Å². The molecule has 0 bridgehead atoms. The first kappa shape index (κ1) is 19.9. The zero-order valence-corrected chi connectivity index (χ0v) is 16.9. The third-order valence-corrected chi connectivity index (χ3v) is 4.63. The van der Waals surface area contributed by atoms with Gasteiger partial charge in [-0.1, -0.05) is 6.07 Å². The van der Waals surface area contributed by atoms with Gasteiger partial charge in [-0.25, -0.2) is 9.48 Å². The molecule has 1 aliphatic rings. The third kappa shape index (κ3) is 4.91. The fourth-order valence-corrected chi connectivity index (χ4v) is 3.28. The van der Waals surface area contributed by atoms with Gasteiger partial charge in [-0.3, -0.25) is 4.79 Å². The quantitative estimate of drug-likeness (QED) is 0.874. The van der Waals surface area contributed by atoms with Gasteiger partial charge in [-0.05, 0) is 64.8 Å². The van der Waals surface area contributed by atoms with Crippen molar-refractivity contribution in [3.05, 3.63) is 42.2 Å². The van der Waals surface area contributed by atoms with Crippen molar-refractivity contribution in [3.63, 3.8) is 0 Å². The van der Waals surface area contributed by atoms with Crippen LogP contribution in [0.15, 0.2) is 36.5 Å². The van der Waals surface area contributed by atoms with Gasteiger partial charge >= 0.3 is 6.09 Å². The summed E-state index contributed by atoms with van der Waals surface area (Å²) < 4.78 is 7.26. The normalized spacial score (nSPS) is 17.3. The van der Waals surface area contributed by atoms with Gasteiger partial charge in [-0.15, -0.1) is 0 Å². The van der Waals surface area contributed by atoms with Crippen molar-refractivity contribution in [3.8, 4) is 5.69 Å². The van der Waals surface area contributed by atoms with Crippen LogP contribution in [0.1, 0.15) is 39.3 Å². The van der Waals surface area contributed by atoms with Crippen LogP contribution >= 0.6 is 0 Å². The number of benzene rings is 1.